The van der Waals surface area contributed by atoms with Crippen LogP contribution in [0.15, 0.2) is 40.9 Å². The Morgan fingerprint density at radius 2 is 2.00 bits per heavy atom. The topological polar surface area (TPSA) is 122 Å². The first-order chi connectivity index (χ1) is 11.3. The highest BCUT2D eigenvalue weighted by atomic mass is 79.9. The van der Waals surface area contributed by atoms with Crippen molar-refractivity contribution in [1.82, 2.24) is 5.32 Å². The number of nitrogens with one attached hydrogen (secondary N) is 1. The molecule has 8 heteroatoms. The predicted molar refractivity (Wildman–Crippen MR) is 86.7 cm³/mol. The number of anilines is 1. The number of aliphatic hydroxyl groups is 1. The summed E-state index contributed by atoms with van der Waals surface area (Å²) in [5.74, 6) is -2.65. The second-order valence-corrected chi connectivity index (χ2v) is 6.58. The maximum Gasteiger partial charge on any atom is 0.405 e. The maximum atomic E-state index is 13.2. The van der Waals surface area contributed by atoms with Crippen LogP contribution >= 0.6 is 15.9 Å². The minimum atomic E-state index is -2.21. The fourth-order valence-electron chi connectivity index (χ4n) is 3.50. The molecule has 0 fully saturated rings. The van der Waals surface area contributed by atoms with E-state index in [0.29, 0.717) is 4.47 Å². The number of nitrogen functional groups attached to an aromatic ring is 1. The van der Waals surface area contributed by atoms with Gasteiger partial charge in [0.05, 0.1) is 5.56 Å². The van der Waals surface area contributed by atoms with Gasteiger partial charge in [-0.1, -0.05) is 34.1 Å². The molecule has 0 spiro atoms. The lowest BCUT2D eigenvalue weighted by Gasteiger charge is -2.33. The largest absolute Gasteiger partial charge is 0.465 e. The summed E-state index contributed by atoms with van der Waals surface area (Å²) in [7, 11) is 0. The normalized spacial score (nSPS) is 26.3. The van der Waals surface area contributed by atoms with Gasteiger partial charge in [-0.3, -0.25) is 10.1 Å². The zero-order valence-electron chi connectivity index (χ0n) is 12.0. The van der Waals surface area contributed by atoms with Crippen molar-refractivity contribution < 1.29 is 24.5 Å². The Morgan fingerprint density at radius 3 is 2.71 bits per heavy atom. The predicted octanol–water partition coefficient (Wildman–Crippen LogP) is 1.93. The van der Waals surface area contributed by atoms with Crippen LogP contribution in [0.1, 0.15) is 21.5 Å². The molecule has 2 aromatic rings. The summed E-state index contributed by atoms with van der Waals surface area (Å²) in [6.45, 7) is 0. The van der Waals surface area contributed by atoms with Gasteiger partial charge in [0, 0.05) is 21.3 Å². The van der Waals surface area contributed by atoms with Crippen molar-refractivity contribution in [3.05, 3.63) is 57.6 Å². The molecule has 0 aromatic heterocycles. The summed E-state index contributed by atoms with van der Waals surface area (Å²) in [6, 6.07) is 9.31. The standard InChI is InChI=1S/C16H11BrN2O5/c17-7-4-5-8-11(6-7)24-16(23)9-2-1-3-10(18)12(9)13(20)15(8,16)19-14(21)22/h1-6,19,23H,18H2,(H,21,22). The monoisotopic (exact) mass is 390 g/mol. The molecule has 0 saturated carbocycles. The summed E-state index contributed by atoms with van der Waals surface area (Å²) in [5, 5.41) is 22.7. The molecule has 2 aliphatic rings. The fraction of sp³-hybridized carbons (Fsp3) is 0.125. The number of carbonyl (C=O) groups excluding carboxylic acids is 1. The van der Waals surface area contributed by atoms with E-state index >= 15 is 0 Å². The van der Waals surface area contributed by atoms with Crippen LogP contribution in [0, 0.1) is 0 Å². The average molecular weight is 391 g/mol. The van der Waals surface area contributed by atoms with E-state index in [9.17, 15) is 19.8 Å². The van der Waals surface area contributed by atoms with E-state index < -0.39 is 23.2 Å². The molecule has 1 heterocycles. The number of hydrogen-bond acceptors (Lipinski definition) is 5. The van der Waals surface area contributed by atoms with E-state index in [4.69, 9.17) is 10.5 Å². The van der Waals surface area contributed by atoms with Gasteiger partial charge in [-0.2, -0.15) is 0 Å². The molecule has 0 saturated heterocycles. The number of hydrogen-bond donors (Lipinski definition) is 4. The van der Waals surface area contributed by atoms with Crippen LogP contribution in [-0.4, -0.2) is 22.1 Å². The molecule has 5 N–H and O–H groups in total. The Hall–Kier alpha value is -2.58. The first-order valence-electron chi connectivity index (χ1n) is 6.97. The molecule has 1 amide bonds. The average Bonchev–Trinajstić information content (AvgIpc) is 2.84. The lowest BCUT2D eigenvalue weighted by atomic mass is 9.83. The SMILES string of the molecule is Nc1cccc2c1C(=O)C1(NC(=O)O)c3ccc(Br)cc3OC21O. The minimum absolute atomic E-state index is 0.0577. The molecule has 2 atom stereocenters. The van der Waals surface area contributed by atoms with E-state index in [1.807, 2.05) is 0 Å². The maximum absolute atomic E-state index is 13.2. The number of carboxylic acid groups (broad SMARTS) is 1. The highest BCUT2D eigenvalue weighted by Crippen LogP contribution is 2.59. The quantitative estimate of drug-likeness (QED) is 0.551. The number of rotatable bonds is 1. The van der Waals surface area contributed by atoms with E-state index in [1.165, 1.54) is 18.2 Å². The van der Waals surface area contributed by atoms with Crippen LogP contribution in [0.5, 0.6) is 5.75 Å². The third-order valence-electron chi connectivity index (χ3n) is 4.44. The highest BCUT2D eigenvalue weighted by Gasteiger charge is 2.72. The fourth-order valence-corrected chi connectivity index (χ4v) is 3.84. The van der Waals surface area contributed by atoms with Crippen molar-refractivity contribution in [1.29, 1.82) is 0 Å². The lowest BCUT2D eigenvalue weighted by Crippen LogP contribution is -2.59. The molecule has 24 heavy (non-hydrogen) atoms. The van der Waals surface area contributed by atoms with Gasteiger partial charge >= 0.3 is 6.09 Å². The second-order valence-electron chi connectivity index (χ2n) is 5.67. The molecular weight excluding hydrogens is 380 g/mol. The summed E-state index contributed by atoms with van der Waals surface area (Å²) in [4.78, 5) is 24.6. The number of nitrogens with two attached hydrogens (primary N) is 1. The summed E-state index contributed by atoms with van der Waals surface area (Å²) >= 11 is 3.29. The molecule has 2 aromatic carbocycles. The zero-order chi connectivity index (χ0) is 17.3. The van der Waals surface area contributed by atoms with Gasteiger partial charge in [-0.15, -0.1) is 0 Å². The van der Waals surface area contributed by atoms with Crippen LogP contribution in [0.4, 0.5) is 10.5 Å². The molecule has 4 rings (SSSR count). The van der Waals surface area contributed by atoms with E-state index in [0.717, 1.165) is 0 Å². The Morgan fingerprint density at radius 1 is 1.25 bits per heavy atom. The smallest absolute Gasteiger partial charge is 0.405 e. The molecule has 7 nitrogen and oxygen atoms in total. The number of benzene rings is 2. The van der Waals surface area contributed by atoms with Gasteiger partial charge in [0.2, 0.25) is 11.3 Å². The van der Waals surface area contributed by atoms with Crippen LogP contribution in [0.3, 0.4) is 0 Å². The first kappa shape index (κ1) is 15.0. The summed E-state index contributed by atoms with van der Waals surface area (Å²) in [6.07, 6.45) is -1.47. The van der Waals surface area contributed by atoms with Crippen molar-refractivity contribution in [3.63, 3.8) is 0 Å². The number of carbonyl (C=O) groups is 2. The Kier molecular flexibility index (Phi) is 2.80. The van der Waals surface area contributed by atoms with Crippen LogP contribution in [-0.2, 0) is 11.3 Å². The third-order valence-corrected chi connectivity index (χ3v) is 4.93. The van der Waals surface area contributed by atoms with E-state index in [1.54, 1.807) is 18.2 Å². The number of halogens is 1. The first-order valence-corrected chi connectivity index (χ1v) is 7.77. The zero-order valence-corrected chi connectivity index (χ0v) is 13.6. The molecule has 122 valence electrons. The van der Waals surface area contributed by atoms with E-state index in [2.05, 4.69) is 21.2 Å². The van der Waals surface area contributed by atoms with Gasteiger partial charge in [0.25, 0.3) is 5.79 Å². The molecule has 1 aliphatic heterocycles. The van der Waals surface area contributed by atoms with Gasteiger partial charge in [0.15, 0.2) is 0 Å². The highest BCUT2D eigenvalue weighted by molar-refractivity contribution is 9.10. The van der Waals surface area contributed by atoms with Crippen LogP contribution in [0.2, 0.25) is 0 Å². The van der Waals surface area contributed by atoms with Gasteiger partial charge in [-0.05, 0) is 18.2 Å². The summed E-state index contributed by atoms with van der Waals surface area (Å²) < 4.78 is 6.34. The van der Waals surface area contributed by atoms with Crippen molar-refractivity contribution in [2.45, 2.75) is 11.3 Å². The van der Waals surface area contributed by atoms with Crippen molar-refractivity contribution in [2.24, 2.45) is 0 Å². The minimum Gasteiger partial charge on any atom is -0.465 e. The van der Waals surface area contributed by atoms with E-state index in [-0.39, 0.29) is 28.1 Å². The van der Waals surface area contributed by atoms with Crippen LogP contribution in [0.25, 0.3) is 0 Å². The molecule has 0 radical (unpaired) electrons. The number of ether oxygens (including phenoxy) is 1. The second kappa shape index (κ2) is 4.49. The number of ketones is 1. The Balaban J connectivity index is 2.08. The molecule has 0 bridgehead atoms. The lowest BCUT2D eigenvalue weighted by molar-refractivity contribution is -0.169. The third kappa shape index (κ3) is 1.54. The Bertz CT molecular complexity index is 931. The van der Waals surface area contributed by atoms with Crippen molar-refractivity contribution in [3.8, 4) is 5.75 Å². The summed E-state index contributed by atoms with van der Waals surface area (Å²) in [5.41, 5.74) is 4.45. The van der Waals surface area contributed by atoms with Crippen molar-refractivity contribution in [2.75, 3.05) is 5.73 Å². The number of amides is 1. The van der Waals surface area contributed by atoms with Crippen LogP contribution < -0.4 is 15.8 Å². The molecule has 1 aliphatic carbocycles. The Labute approximate surface area is 144 Å². The van der Waals surface area contributed by atoms with Gasteiger partial charge in [-0.25, -0.2) is 4.79 Å². The molecule has 2 unspecified atom stereocenters. The number of Topliss-reactive ketones (excluding diaryl/α,β-unsaturated/α-hetero) is 1. The van der Waals surface area contributed by atoms with Gasteiger partial charge in [0.1, 0.15) is 5.75 Å². The number of fused-ring (bicyclic) bond motifs is 5. The molecular formula is C16H11BrN2O5. The van der Waals surface area contributed by atoms with Gasteiger partial charge < -0.3 is 20.7 Å². The van der Waals surface area contributed by atoms with Crippen molar-refractivity contribution >= 4 is 33.5 Å².